The van der Waals surface area contributed by atoms with Crippen molar-refractivity contribution in [3.05, 3.63) is 79.7 Å². The van der Waals surface area contributed by atoms with E-state index in [1.807, 2.05) is 27.7 Å². The summed E-state index contributed by atoms with van der Waals surface area (Å²) in [4.78, 5) is 27.2. The van der Waals surface area contributed by atoms with Gasteiger partial charge >= 0.3 is 10.1 Å². The highest BCUT2D eigenvalue weighted by Crippen LogP contribution is 2.55. The van der Waals surface area contributed by atoms with Gasteiger partial charge in [-0.25, -0.2) is 0 Å². The van der Waals surface area contributed by atoms with Gasteiger partial charge in [-0.15, -0.1) is 0 Å². The van der Waals surface area contributed by atoms with Gasteiger partial charge in [0, 0.05) is 52.4 Å². The fourth-order valence-corrected chi connectivity index (χ4v) is 7.32. The molecule has 0 amide bonds. The highest BCUT2D eigenvalue weighted by atomic mass is 35.5. The van der Waals surface area contributed by atoms with Gasteiger partial charge in [-0.3, -0.25) is 9.59 Å². The fraction of sp³-hybridized carbons (Fsp3) is 0.379. The van der Waals surface area contributed by atoms with E-state index in [4.69, 9.17) is 43.7 Å². The van der Waals surface area contributed by atoms with E-state index in [9.17, 15) is 18.0 Å². The maximum Gasteiger partial charge on any atom is 0.339 e. The average Bonchev–Trinajstić information content (AvgIpc) is 2.78. The number of allylic oxidation sites excluding steroid dienone is 4. The van der Waals surface area contributed by atoms with Gasteiger partial charge in [-0.2, -0.15) is 8.42 Å². The van der Waals surface area contributed by atoms with Crippen LogP contribution in [0.4, 0.5) is 0 Å². The standard InChI is InChI=1S/C29H27Cl3O6S/c1-28(2)11-20(33)25-22(13-28)37-23-14-29(3,4)12-21(34)26(23)24(25)18-9-16(31)10-19(32)27(18)38-39(35,36)17-7-5-15(30)6-8-17/h5-10,24H,11-14H2,1-4H3. The largest absolute Gasteiger partial charge is 0.465 e. The molecule has 0 atom stereocenters. The van der Waals surface area contributed by atoms with Gasteiger partial charge in [0.25, 0.3) is 0 Å². The minimum absolute atomic E-state index is 0.0713. The molecule has 0 radical (unpaired) electrons. The number of ketones is 2. The Balaban J connectivity index is 1.74. The van der Waals surface area contributed by atoms with Crippen LogP contribution < -0.4 is 4.18 Å². The van der Waals surface area contributed by atoms with Crippen molar-refractivity contribution in [2.24, 2.45) is 10.8 Å². The van der Waals surface area contributed by atoms with E-state index in [2.05, 4.69) is 0 Å². The van der Waals surface area contributed by atoms with E-state index in [0.29, 0.717) is 40.5 Å². The topological polar surface area (TPSA) is 86.7 Å². The summed E-state index contributed by atoms with van der Waals surface area (Å²) in [6.07, 6.45) is 1.43. The third kappa shape index (κ3) is 5.39. The van der Waals surface area contributed by atoms with Gasteiger partial charge in [0.2, 0.25) is 0 Å². The number of halogens is 3. The summed E-state index contributed by atoms with van der Waals surface area (Å²) in [5.74, 6) is -0.545. The number of rotatable bonds is 4. The number of hydrogen-bond donors (Lipinski definition) is 0. The highest BCUT2D eigenvalue weighted by molar-refractivity contribution is 7.87. The Labute approximate surface area is 243 Å². The van der Waals surface area contributed by atoms with Crippen LogP contribution in [-0.2, 0) is 24.4 Å². The number of carbonyl (C=O) groups is 2. The van der Waals surface area contributed by atoms with Crippen LogP contribution in [-0.4, -0.2) is 20.0 Å². The number of hydrogen-bond acceptors (Lipinski definition) is 6. The molecule has 206 valence electrons. The van der Waals surface area contributed by atoms with Gasteiger partial charge in [-0.05, 0) is 47.2 Å². The first-order chi connectivity index (χ1) is 18.1. The van der Waals surface area contributed by atoms with E-state index < -0.39 is 16.0 Å². The third-order valence-corrected chi connectivity index (χ3v) is 9.21. The van der Waals surface area contributed by atoms with Crippen LogP contribution in [0.1, 0.15) is 64.9 Å². The molecule has 10 heteroatoms. The predicted molar refractivity (Wildman–Crippen MR) is 150 cm³/mol. The summed E-state index contributed by atoms with van der Waals surface area (Å²) < 4.78 is 38.6. The minimum Gasteiger partial charge on any atom is -0.465 e. The van der Waals surface area contributed by atoms with Crippen LogP contribution in [0.2, 0.25) is 15.1 Å². The monoisotopic (exact) mass is 608 g/mol. The Hall–Kier alpha value is -2.32. The van der Waals surface area contributed by atoms with E-state index >= 15 is 0 Å². The molecule has 39 heavy (non-hydrogen) atoms. The van der Waals surface area contributed by atoms with Crippen LogP contribution in [0.5, 0.6) is 5.75 Å². The van der Waals surface area contributed by atoms with Crippen molar-refractivity contribution in [3.8, 4) is 5.75 Å². The van der Waals surface area contributed by atoms with Crippen molar-refractivity contribution in [2.45, 2.75) is 64.2 Å². The molecule has 0 aromatic heterocycles. The van der Waals surface area contributed by atoms with E-state index in [-0.39, 0.29) is 61.5 Å². The van der Waals surface area contributed by atoms with Crippen molar-refractivity contribution >= 4 is 56.5 Å². The van der Waals surface area contributed by atoms with Gasteiger partial charge in [0.05, 0.1) is 10.9 Å². The first kappa shape index (κ1) is 28.2. The molecule has 2 aliphatic carbocycles. The molecule has 5 rings (SSSR count). The van der Waals surface area contributed by atoms with Crippen molar-refractivity contribution in [2.75, 3.05) is 0 Å². The molecule has 2 aromatic carbocycles. The van der Waals surface area contributed by atoms with Crippen LogP contribution in [0, 0.1) is 10.8 Å². The zero-order valence-corrected chi connectivity index (χ0v) is 24.9. The molecule has 1 aliphatic heterocycles. The Morgan fingerprint density at radius 3 is 1.82 bits per heavy atom. The van der Waals surface area contributed by atoms with Gasteiger partial charge in [-0.1, -0.05) is 62.5 Å². The Morgan fingerprint density at radius 2 is 1.31 bits per heavy atom. The van der Waals surface area contributed by atoms with Crippen LogP contribution in [0.15, 0.2) is 64.0 Å². The highest BCUT2D eigenvalue weighted by Gasteiger charge is 2.49. The van der Waals surface area contributed by atoms with Crippen LogP contribution in [0.3, 0.4) is 0 Å². The van der Waals surface area contributed by atoms with E-state index in [0.717, 1.165) is 0 Å². The second kappa shape index (κ2) is 9.65. The first-order valence-corrected chi connectivity index (χ1v) is 15.0. The smallest absolute Gasteiger partial charge is 0.339 e. The van der Waals surface area contributed by atoms with Crippen LogP contribution in [0.25, 0.3) is 0 Å². The molecule has 0 fully saturated rings. The predicted octanol–water partition coefficient (Wildman–Crippen LogP) is 7.81. The molecule has 0 spiro atoms. The summed E-state index contributed by atoms with van der Waals surface area (Å²) in [6, 6.07) is 8.36. The second-order valence-corrected chi connectivity index (χ2v) is 14.7. The molecule has 0 saturated heterocycles. The maximum atomic E-state index is 13.6. The zero-order chi connectivity index (χ0) is 28.5. The lowest BCUT2D eigenvalue weighted by molar-refractivity contribution is -0.120. The van der Waals surface area contributed by atoms with Crippen LogP contribution >= 0.6 is 34.8 Å². The number of Topliss-reactive ketones (excluding diaryl/α,β-unsaturated/α-hetero) is 2. The molecular formula is C29H27Cl3O6S. The lowest BCUT2D eigenvalue weighted by Gasteiger charge is -2.43. The maximum absolute atomic E-state index is 13.6. The van der Waals surface area contributed by atoms with Crippen molar-refractivity contribution in [1.82, 2.24) is 0 Å². The number of ether oxygens (including phenoxy) is 1. The average molecular weight is 610 g/mol. The fourth-order valence-electron chi connectivity index (χ4n) is 5.63. The molecule has 2 aromatic rings. The van der Waals surface area contributed by atoms with Gasteiger partial charge < -0.3 is 8.92 Å². The number of benzene rings is 2. The molecular weight excluding hydrogens is 583 g/mol. The van der Waals surface area contributed by atoms with E-state index in [1.54, 1.807) is 0 Å². The Morgan fingerprint density at radius 1 is 0.795 bits per heavy atom. The second-order valence-electron chi connectivity index (χ2n) is 11.9. The lowest BCUT2D eigenvalue weighted by atomic mass is 9.65. The minimum atomic E-state index is -4.37. The summed E-state index contributed by atoms with van der Waals surface area (Å²) in [7, 11) is -4.37. The van der Waals surface area contributed by atoms with Crippen molar-refractivity contribution < 1.29 is 26.9 Å². The molecule has 0 saturated carbocycles. The molecule has 3 aliphatic rings. The molecule has 6 nitrogen and oxygen atoms in total. The normalized spacial score (nSPS) is 20.9. The Bertz CT molecular complexity index is 1530. The summed E-state index contributed by atoms with van der Waals surface area (Å²) in [5, 5.41) is 0.491. The molecule has 0 unspecified atom stereocenters. The summed E-state index contributed by atoms with van der Waals surface area (Å²) in [5.41, 5.74) is 0.141. The summed E-state index contributed by atoms with van der Waals surface area (Å²) >= 11 is 18.9. The third-order valence-electron chi connectivity index (χ3n) is 7.23. The molecule has 1 heterocycles. The first-order valence-electron chi connectivity index (χ1n) is 12.5. The van der Waals surface area contributed by atoms with Gasteiger partial charge in [0.1, 0.15) is 16.4 Å². The van der Waals surface area contributed by atoms with Crippen molar-refractivity contribution in [1.29, 1.82) is 0 Å². The summed E-state index contributed by atoms with van der Waals surface area (Å²) in [6.45, 7) is 7.93. The van der Waals surface area contributed by atoms with Gasteiger partial charge in [0.15, 0.2) is 17.3 Å². The van der Waals surface area contributed by atoms with E-state index in [1.165, 1.54) is 36.4 Å². The quantitative estimate of drug-likeness (QED) is 0.329. The lowest BCUT2D eigenvalue weighted by Crippen LogP contribution is -2.37. The number of carbonyl (C=O) groups excluding carboxylic acids is 2. The SMILES string of the molecule is CC1(C)CC(=O)C2=C(C1)OC1=C(C(=O)CC(C)(C)C1)C2c1cc(Cl)cc(Cl)c1OS(=O)(=O)c1ccc(Cl)cc1. The Kier molecular flexibility index (Phi) is 6.98. The van der Waals surface area contributed by atoms with Crippen molar-refractivity contribution in [3.63, 3.8) is 0 Å². The molecule has 0 N–H and O–H groups in total. The molecule has 0 bridgehead atoms. The zero-order valence-electron chi connectivity index (χ0n) is 21.9.